The molecule has 8 heteroatoms. The van der Waals surface area contributed by atoms with Crippen molar-refractivity contribution in [1.29, 1.82) is 0 Å². The first-order valence-corrected chi connectivity index (χ1v) is 7.91. The number of hydrogen-bond donors (Lipinski definition) is 3. The molecule has 0 aliphatic carbocycles. The van der Waals surface area contributed by atoms with E-state index in [1.165, 1.54) is 12.1 Å². The summed E-state index contributed by atoms with van der Waals surface area (Å²) in [4.78, 5) is 23.9. The number of anilines is 1. The normalized spacial score (nSPS) is 10.3. The summed E-state index contributed by atoms with van der Waals surface area (Å²) in [5.74, 6) is 0.0464. The zero-order valence-electron chi connectivity index (χ0n) is 12.5. The topological polar surface area (TPSA) is 110 Å². The van der Waals surface area contributed by atoms with E-state index in [4.69, 9.17) is 10.5 Å². The molecule has 24 heavy (non-hydrogen) atoms. The third kappa shape index (κ3) is 3.79. The van der Waals surface area contributed by atoms with Gasteiger partial charge in [0, 0.05) is 11.6 Å². The summed E-state index contributed by atoms with van der Waals surface area (Å²) in [6.07, 6.45) is 0. The summed E-state index contributed by atoms with van der Waals surface area (Å²) in [5, 5.41) is 11.5. The molecule has 7 nitrogen and oxygen atoms in total. The number of aromatic nitrogens is 2. The Hall–Kier alpha value is -3.13. The van der Waals surface area contributed by atoms with Crippen LogP contribution in [0, 0.1) is 0 Å². The van der Waals surface area contributed by atoms with E-state index in [-0.39, 0.29) is 12.5 Å². The largest absolute Gasteiger partial charge is 0.484 e. The van der Waals surface area contributed by atoms with Gasteiger partial charge in [0.1, 0.15) is 5.75 Å². The molecular weight excluding hydrogens is 328 g/mol. The first-order valence-electron chi connectivity index (χ1n) is 7.03. The van der Waals surface area contributed by atoms with Crippen molar-refractivity contribution in [2.75, 3.05) is 11.9 Å². The van der Waals surface area contributed by atoms with E-state index in [0.29, 0.717) is 17.1 Å². The quantitative estimate of drug-likeness (QED) is 0.638. The number of H-pyrrole nitrogens is 1. The Labute approximate surface area is 141 Å². The highest BCUT2D eigenvalue weighted by Gasteiger charge is 2.09. The lowest BCUT2D eigenvalue weighted by Gasteiger charge is -2.06. The third-order valence-electron chi connectivity index (χ3n) is 3.14. The monoisotopic (exact) mass is 342 g/mol. The number of carbonyl (C=O) groups is 2. The fraction of sp³-hybridized carbons (Fsp3) is 0.0625. The predicted octanol–water partition coefficient (Wildman–Crippen LogP) is 2.25. The lowest BCUT2D eigenvalue weighted by Crippen LogP contribution is -2.20. The van der Waals surface area contributed by atoms with Crippen LogP contribution in [0.3, 0.4) is 0 Å². The molecule has 0 aliphatic heterocycles. The second-order valence-corrected chi connectivity index (χ2v) is 5.82. The molecule has 2 amide bonds. The molecule has 3 aromatic rings. The van der Waals surface area contributed by atoms with Gasteiger partial charge in [-0.05, 0) is 35.7 Å². The number of hydrogen-bond acceptors (Lipinski definition) is 5. The number of ether oxygens (including phenoxy) is 1. The molecule has 0 unspecified atom stereocenters. The van der Waals surface area contributed by atoms with Crippen LogP contribution >= 0.6 is 11.3 Å². The minimum Gasteiger partial charge on any atom is -0.484 e. The van der Waals surface area contributed by atoms with Gasteiger partial charge in [0.15, 0.2) is 12.4 Å². The number of thiophene rings is 1. The van der Waals surface area contributed by atoms with Crippen LogP contribution in [0.25, 0.3) is 10.6 Å². The fourth-order valence-electron chi connectivity index (χ4n) is 1.99. The second-order valence-electron chi connectivity index (χ2n) is 4.87. The highest BCUT2D eigenvalue weighted by Crippen LogP contribution is 2.24. The van der Waals surface area contributed by atoms with E-state index in [1.807, 2.05) is 17.5 Å². The van der Waals surface area contributed by atoms with Crippen molar-refractivity contribution < 1.29 is 14.3 Å². The molecule has 122 valence electrons. The van der Waals surface area contributed by atoms with Crippen LogP contribution in [-0.2, 0) is 4.79 Å². The number of nitrogens with zero attached hydrogens (tertiary/aromatic N) is 1. The second kappa shape index (κ2) is 6.97. The Bertz CT molecular complexity index is 841. The minimum atomic E-state index is -0.514. The minimum absolute atomic E-state index is 0.170. The van der Waals surface area contributed by atoms with Gasteiger partial charge in [-0.3, -0.25) is 14.7 Å². The Morgan fingerprint density at radius 1 is 1.25 bits per heavy atom. The summed E-state index contributed by atoms with van der Waals surface area (Å²) in [6, 6.07) is 11.9. The fourth-order valence-corrected chi connectivity index (χ4v) is 2.68. The van der Waals surface area contributed by atoms with Gasteiger partial charge in [0.05, 0.1) is 10.6 Å². The number of benzene rings is 1. The van der Waals surface area contributed by atoms with Crippen LogP contribution in [0.2, 0.25) is 0 Å². The van der Waals surface area contributed by atoms with Gasteiger partial charge in [0.25, 0.3) is 5.91 Å². The van der Waals surface area contributed by atoms with E-state index in [0.717, 1.165) is 10.6 Å². The molecule has 0 atom stereocenters. The van der Waals surface area contributed by atoms with E-state index in [9.17, 15) is 9.59 Å². The van der Waals surface area contributed by atoms with Gasteiger partial charge in [-0.25, -0.2) is 0 Å². The Morgan fingerprint density at radius 2 is 2.04 bits per heavy atom. The lowest BCUT2D eigenvalue weighted by molar-refractivity contribution is -0.118. The van der Waals surface area contributed by atoms with Crippen molar-refractivity contribution >= 4 is 29.0 Å². The first-order chi connectivity index (χ1) is 11.6. The third-order valence-corrected chi connectivity index (χ3v) is 4.04. The Morgan fingerprint density at radius 3 is 2.71 bits per heavy atom. The van der Waals surface area contributed by atoms with Crippen molar-refractivity contribution in [2.24, 2.45) is 5.73 Å². The maximum atomic E-state index is 11.9. The maximum Gasteiger partial charge on any atom is 0.263 e. The molecule has 4 N–H and O–H groups in total. The molecule has 2 heterocycles. The summed E-state index contributed by atoms with van der Waals surface area (Å²) in [7, 11) is 0. The Kier molecular flexibility index (Phi) is 4.57. The molecule has 0 saturated heterocycles. The summed E-state index contributed by atoms with van der Waals surface area (Å²) >= 11 is 1.58. The Balaban J connectivity index is 1.53. The van der Waals surface area contributed by atoms with Gasteiger partial charge in [-0.2, -0.15) is 5.10 Å². The molecule has 0 fully saturated rings. The van der Waals surface area contributed by atoms with Crippen molar-refractivity contribution in [3.05, 3.63) is 53.4 Å². The van der Waals surface area contributed by atoms with Crippen LogP contribution in [-0.4, -0.2) is 28.6 Å². The van der Waals surface area contributed by atoms with Crippen molar-refractivity contribution in [3.8, 4) is 16.3 Å². The average Bonchev–Trinajstić information content (AvgIpc) is 3.24. The molecule has 3 rings (SSSR count). The van der Waals surface area contributed by atoms with Gasteiger partial charge < -0.3 is 15.8 Å². The first kappa shape index (κ1) is 15.8. The van der Waals surface area contributed by atoms with E-state index < -0.39 is 5.91 Å². The number of nitrogens with one attached hydrogen (secondary N) is 2. The summed E-state index contributed by atoms with van der Waals surface area (Å²) in [5.41, 5.74) is 6.37. The molecule has 0 aliphatic rings. The van der Waals surface area contributed by atoms with Gasteiger partial charge >= 0.3 is 0 Å². The highest BCUT2D eigenvalue weighted by molar-refractivity contribution is 7.13. The summed E-state index contributed by atoms with van der Waals surface area (Å²) in [6.45, 7) is -0.170. The standard InChI is InChI=1S/C16H14N4O3S/c17-16(22)10-3-5-11(6-4-10)23-9-15(21)18-14-8-12(19-20-14)13-2-1-7-24-13/h1-8H,9H2,(H2,17,22)(H2,18,19,20,21). The predicted molar refractivity (Wildman–Crippen MR) is 91.0 cm³/mol. The maximum absolute atomic E-state index is 11.9. The van der Waals surface area contributed by atoms with Crippen LogP contribution < -0.4 is 15.8 Å². The molecule has 0 saturated carbocycles. The van der Waals surface area contributed by atoms with Crippen molar-refractivity contribution in [2.45, 2.75) is 0 Å². The molecule has 0 bridgehead atoms. The molecule has 1 aromatic carbocycles. The molecule has 0 spiro atoms. The highest BCUT2D eigenvalue weighted by atomic mass is 32.1. The van der Waals surface area contributed by atoms with Crippen LogP contribution in [0.5, 0.6) is 5.75 Å². The molecular formula is C16H14N4O3S. The van der Waals surface area contributed by atoms with Crippen LogP contribution in [0.1, 0.15) is 10.4 Å². The number of nitrogens with two attached hydrogens (primary N) is 1. The van der Waals surface area contributed by atoms with Crippen LogP contribution in [0.15, 0.2) is 47.8 Å². The molecule has 0 radical (unpaired) electrons. The SMILES string of the molecule is NC(=O)c1ccc(OCC(=O)Nc2cc(-c3cccs3)[nH]n2)cc1. The zero-order valence-corrected chi connectivity index (χ0v) is 13.3. The van der Waals surface area contributed by atoms with Crippen LogP contribution in [0.4, 0.5) is 5.82 Å². The van der Waals surface area contributed by atoms with Gasteiger partial charge in [-0.1, -0.05) is 6.07 Å². The summed E-state index contributed by atoms with van der Waals surface area (Å²) < 4.78 is 5.35. The smallest absolute Gasteiger partial charge is 0.263 e. The lowest BCUT2D eigenvalue weighted by atomic mass is 10.2. The van der Waals surface area contributed by atoms with E-state index in [1.54, 1.807) is 29.5 Å². The van der Waals surface area contributed by atoms with Gasteiger partial charge in [0.2, 0.25) is 5.91 Å². The van der Waals surface area contributed by atoms with Crippen molar-refractivity contribution in [1.82, 2.24) is 10.2 Å². The zero-order chi connectivity index (χ0) is 16.9. The molecule has 2 aromatic heterocycles. The number of amides is 2. The number of rotatable bonds is 6. The van der Waals surface area contributed by atoms with Gasteiger partial charge in [-0.15, -0.1) is 11.3 Å². The number of primary amides is 1. The average molecular weight is 342 g/mol. The van der Waals surface area contributed by atoms with E-state index >= 15 is 0 Å². The van der Waals surface area contributed by atoms with Crippen molar-refractivity contribution in [3.63, 3.8) is 0 Å². The van der Waals surface area contributed by atoms with E-state index in [2.05, 4.69) is 15.5 Å². The number of aromatic amines is 1. The number of carbonyl (C=O) groups excluding carboxylic acids is 2.